The summed E-state index contributed by atoms with van der Waals surface area (Å²) in [5, 5.41) is 4.66. The summed E-state index contributed by atoms with van der Waals surface area (Å²) in [7, 11) is 0. The van der Waals surface area contributed by atoms with Crippen LogP contribution in [0.2, 0.25) is 0 Å². The van der Waals surface area contributed by atoms with Gasteiger partial charge in [0.15, 0.2) is 0 Å². The van der Waals surface area contributed by atoms with Gasteiger partial charge in [0.2, 0.25) is 0 Å². The Morgan fingerprint density at radius 3 is 2.65 bits per heavy atom. The van der Waals surface area contributed by atoms with Crippen molar-refractivity contribution in [2.75, 3.05) is 26.0 Å². The van der Waals surface area contributed by atoms with E-state index in [9.17, 15) is 4.79 Å². The van der Waals surface area contributed by atoms with E-state index in [1.807, 2.05) is 23.6 Å². The Kier molecular flexibility index (Phi) is 6.49. The fourth-order valence-corrected chi connectivity index (χ4v) is 4.11. The number of likely N-dealkylation sites (tertiary alicyclic amines) is 1. The van der Waals surface area contributed by atoms with Gasteiger partial charge in [-0.2, -0.15) is 11.8 Å². The maximum atomic E-state index is 11.7. The van der Waals surface area contributed by atoms with Crippen LogP contribution in [-0.4, -0.2) is 54.3 Å². The van der Waals surface area contributed by atoms with Crippen LogP contribution in [0.1, 0.15) is 45.4 Å². The van der Waals surface area contributed by atoms with E-state index in [2.05, 4.69) is 11.6 Å². The second-order valence-corrected chi connectivity index (χ2v) is 6.99. The number of hydrogen-bond donors (Lipinski definition) is 1. The zero-order chi connectivity index (χ0) is 14.4. The number of carbonyl (C=O) groups is 1. The lowest BCUT2D eigenvalue weighted by atomic mass is 9.93. The largest absolute Gasteiger partial charge is 0.450 e. The average Bonchev–Trinajstić information content (AvgIpc) is 2.48. The van der Waals surface area contributed by atoms with Gasteiger partial charge in [-0.1, -0.05) is 6.42 Å². The summed E-state index contributed by atoms with van der Waals surface area (Å²) in [4.78, 5) is 13.5. The van der Waals surface area contributed by atoms with E-state index in [1.165, 1.54) is 25.7 Å². The number of ether oxygens (including phenoxy) is 1. The lowest BCUT2D eigenvalue weighted by Crippen LogP contribution is -2.49. The Morgan fingerprint density at radius 2 is 2.00 bits per heavy atom. The van der Waals surface area contributed by atoms with E-state index in [0.29, 0.717) is 18.7 Å². The van der Waals surface area contributed by atoms with Crippen molar-refractivity contribution in [2.24, 2.45) is 0 Å². The average molecular weight is 300 g/mol. The quantitative estimate of drug-likeness (QED) is 0.867. The fourth-order valence-electron chi connectivity index (χ4n) is 3.29. The molecule has 2 atom stereocenters. The molecule has 1 saturated carbocycles. The summed E-state index contributed by atoms with van der Waals surface area (Å²) in [6, 6.07) is 1.26. The topological polar surface area (TPSA) is 41.6 Å². The van der Waals surface area contributed by atoms with E-state index in [0.717, 1.165) is 31.2 Å². The number of thioether (sulfide) groups is 1. The molecule has 0 spiro atoms. The van der Waals surface area contributed by atoms with E-state index < -0.39 is 0 Å². The molecule has 5 heteroatoms. The standard InChI is InChI=1S/C15H28N2O2S/c1-3-19-15(18)17-9-7-12(8-10-17)16-13-5-4-6-14(11-13)20-2/h12-14,16H,3-11H2,1-2H3. The van der Waals surface area contributed by atoms with Gasteiger partial charge in [-0.15, -0.1) is 0 Å². The molecule has 1 N–H and O–H groups in total. The molecule has 20 heavy (non-hydrogen) atoms. The Morgan fingerprint density at radius 1 is 1.25 bits per heavy atom. The fraction of sp³-hybridized carbons (Fsp3) is 0.933. The summed E-state index contributed by atoms with van der Waals surface area (Å²) in [5.41, 5.74) is 0. The number of nitrogens with one attached hydrogen (secondary N) is 1. The molecule has 0 bridgehead atoms. The number of carbonyl (C=O) groups excluding carboxylic acids is 1. The first kappa shape index (κ1) is 16.0. The Hall–Kier alpha value is -0.420. The van der Waals surface area contributed by atoms with E-state index in [4.69, 9.17) is 4.74 Å². The first-order valence-electron chi connectivity index (χ1n) is 7.93. The summed E-state index contributed by atoms with van der Waals surface area (Å²) < 4.78 is 5.06. The van der Waals surface area contributed by atoms with Crippen molar-refractivity contribution >= 4 is 17.9 Å². The SMILES string of the molecule is CCOC(=O)N1CCC(NC2CCCC(SC)C2)CC1. The summed E-state index contributed by atoms with van der Waals surface area (Å²) >= 11 is 2.01. The smallest absolute Gasteiger partial charge is 0.409 e. The zero-order valence-electron chi connectivity index (χ0n) is 12.8. The van der Waals surface area contributed by atoms with Crippen LogP contribution in [0.4, 0.5) is 4.79 Å². The van der Waals surface area contributed by atoms with Crippen LogP contribution in [0, 0.1) is 0 Å². The minimum atomic E-state index is -0.147. The minimum Gasteiger partial charge on any atom is -0.450 e. The van der Waals surface area contributed by atoms with Gasteiger partial charge in [0, 0.05) is 30.4 Å². The molecule has 2 rings (SSSR count). The van der Waals surface area contributed by atoms with Crippen molar-refractivity contribution in [3.63, 3.8) is 0 Å². The molecule has 116 valence electrons. The zero-order valence-corrected chi connectivity index (χ0v) is 13.6. The third-order valence-corrected chi connectivity index (χ3v) is 5.55. The van der Waals surface area contributed by atoms with Gasteiger partial charge in [0.05, 0.1) is 6.61 Å². The number of piperidine rings is 1. The van der Waals surface area contributed by atoms with Crippen molar-refractivity contribution in [3.05, 3.63) is 0 Å². The Bertz CT molecular complexity index is 306. The molecule has 0 aromatic heterocycles. The third kappa shape index (κ3) is 4.55. The first-order valence-corrected chi connectivity index (χ1v) is 9.22. The van der Waals surface area contributed by atoms with Gasteiger partial charge in [-0.3, -0.25) is 0 Å². The van der Waals surface area contributed by atoms with Crippen LogP contribution in [0.5, 0.6) is 0 Å². The molecule has 0 aromatic rings. The first-order chi connectivity index (χ1) is 9.72. The Balaban J connectivity index is 1.70. The van der Waals surface area contributed by atoms with Gasteiger partial charge in [-0.05, 0) is 45.3 Å². The highest BCUT2D eigenvalue weighted by Crippen LogP contribution is 2.27. The molecule has 2 aliphatic rings. The van der Waals surface area contributed by atoms with Crippen molar-refractivity contribution in [3.8, 4) is 0 Å². The molecule has 1 aliphatic carbocycles. The van der Waals surface area contributed by atoms with Crippen LogP contribution in [0.25, 0.3) is 0 Å². The molecule has 2 fully saturated rings. The summed E-state index contributed by atoms with van der Waals surface area (Å²) in [5.74, 6) is 0. The minimum absolute atomic E-state index is 0.147. The van der Waals surface area contributed by atoms with Gasteiger partial charge in [-0.25, -0.2) is 4.79 Å². The van der Waals surface area contributed by atoms with Crippen molar-refractivity contribution in [1.29, 1.82) is 0 Å². The molecule has 4 nitrogen and oxygen atoms in total. The van der Waals surface area contributed by atoms with E-state index in [1.54, 1.807) is 0 Å². The molecule has 0 radical (unpaired) electrons. The predicted molar refractivity (Wildman–Crippen MR) is 84.3 cm³/mol. The number of amides is 1. The van der Waals surface area contributed by atoms with Crippen LogP contribution >= 0.6 is 11.8 Å². The highest BCUT2D eigenvalue weighted by molar-refractivity contribution is 7.99. The molecule has 1 amide bonds. The molecule has 1 aliphatic heterocycles. The van der Waals surface area contributed by atoms with Crippen LogP contribution in [-0.2, 0) is 4.74 Å². The molecular weight excluding hydrogens is 272 g/mol. The highest BCUT2D eigenvalue weighted by atomic mass is 32.2. The number of hydrogen-bond acceptors (Lipinski definition) is 4. The van der Waals surface area contributed by atoms with Gasteiger partial charge in [0.1, 0.15) is 0 Å². The molecule has 1 heterocycles. The van der Waals surface area contributed by atoms with Crippen molar-refractivity contribution < 1.29 is 9.53 Å². The highest BCUT2D eigenvalue weighted by Gasteiger charge is 2.27. The van der Waals surface area contributed by atoms with Gasteiger partial charge in [0.25, 0.3) is 0 Å². The predicted octanol–water partition coefficient (Wildman–Crippen LogP) is 2.87. The third-order valence-electron chi connectivity index (χ3n) is 4.45. The summed E-state index contributed by atoms with van der Waals surface area (Å²) in [6.45, 7) is 3.98. The second kappa shape index (κ2) is 8.13. The maximum absolute atomic E-state index is 11.7. The van der Waals surface area contributed by atoms with E-state index in [-0.39, 0.29) is 6.09 Å². The summed E-state index contributed by atoms with van der Waals surface area (Å²) in [6.07, 6.45) is 9.54. The number of rotatable bonds is 4. The lowest BCUT2D eigenvalue weighted by molar-refractivity contribution is 0.0937. The monoisotopic (exact) mass is 300 g/mol. The van der Waals surface area contributed by atoms with Crippen LogP contribution in [0.3, 0.4) is 0 Å². The van der Waals surface area contributed by atoms with E-state index >= 15 is 0 Å². The lowest BCUT2D eigenvalue weighted by Gasteiger charge is -2.36. The van der Waals surface area contributed by atoms with Gasteiger partial charge < -0.3 is 15.0 Å². The molecular formula is C15H28N2O2S. The van der Waals surface area contributed by atoms with Crippen LogP contribution < -0.4 is 5.32 Å². The molecule has 1 saturated heterocycles. The Labute approximate surface area is 127 Å². The number of nitrogens with zero attached hydrogens (tertiary/aromatic N) is 1. The van der Waals surface area contributed by atoms with Crippen LogP contribution in [0.15, 0.2) is 0 Å². The van der Waals surface area contributed by atoms with Crippen molar-refractivity contribution in [2.45, 2.75) is 62.8 Å². The van der Waals surface area contributed by atoms with Crippen molar-refractivity contribution in [1.82, 2.24) is 10.2 Å². The van der Waals surface area contributed by atoms with Gasteiger partial charge >= 0.3 is 6.09 Å². The molecule has 0 aromatic carbocycles. The molecule has 2 unspecified atom stereocenters. The maximum Gasteiger partial charge on any atom is 0.409 e. The second-order valence-electron chi connectivity index (χ2n) is 5.85. The normalized spacial score (nSPS) is 28.4.